The number of ether oxygens (including phenoxy) is 2. The van der Waals surface area contributed by atoms with E-state index < -0.39 is 35.7 Å². The summed E-state index contributed by atoms with van der Waals surface area (Å²) in [4.78, 5) is 47.1. The average Bonchev–Trinajstić information content (AvgIpc) is 2.42. The molecule has 1 fully saturated rings. The Bertz CT molecular complexity index is 746. The highest BCUT2D eigenvalue weighted by Crippen LogP contribution is 2.46. The van der Waals surface area contributed by atoms with Crippen molar-refractivity contribution in [3.63, 3.8) is 0 Å². The Morgan fingerprint density at radius 1 is 0.900 bits per heavy atom. The van der Waals surface area contributed by atoms with Gasteiger partial charge >= 0.3 is 23.9 Å². The van der Waals surface area contributed by atoms with Crippen molar-refractivity contribution in [1.29, 1.82) is 0 Å². The smallest absolute Gasteiger partial charge is 0.346 e. The summed E-state index contributed by atoms with van der Waals surface area (Å²) in [6.07, 6.45) is 5.81. The lowest BCUT2D eigenvalue weighted by Gasteiger charge is -2.37. The number of rotatable bonds is 0. The van der Waals surface area contributed by atoms with Crippen molar-refractivity contribution < 1.29 is 28.7 Å². The Hall–Kier alpha value is -2.76. The second-order valence-corrected chi connectivity index (χ2v) is 4.78. The van der Waals surface area contributed by atoms with Gasteiger partial charge in [-0.15, -0.1) is 0 Å². The van der Waals surface area contributed by atoms with E-state index >= 15 is 0 Å². The molecule has 0 saturated carbocycles. The van der Waals surface area contributed by atoms with Gasteiger partial charge in [0.25, 0.3) is 0 Å². The van der Waals surface area contributed by atoms with Gasteiger partial charge in [-0.05, 0) is 11.6 Å². The Morgan fingerprint density at radius 3 is 2.50 bits per heavy atom. The number of carbonyl (C=O) groups is 4. The molecule has 2 aliphatic carbocycles. The minimum Gasteiger partial charge on any atom is -0.389 e. The second-order valence-electron chi connectivity index (χ2n) is 4.78. The zero-order chi connectivity index (χ0) is 14.0. The summed E-state index contributed by atoms with van der Waals surface area (Å²) in [5, 5.41) is 0. The third-order valence-electron chi connectivity index (χ3n) is 3.81. The SMILES string of the molecule is O=C1OC(=O)C2=C3C1=CC=C1C(=O)OC(=O)C(C=C2)C13. The summed E-state index contributed by atoms with van der Waals surface area (Å²) < 4.78 is 9.30. The van der Waals surface area contributed by atoms with Crippen molar-refractivity contribution in [2.24, 2.45) is 11.8 Å². The Morgan fingerprint density at radius 2 is 1.70 bits per heavy atom. The molecular weight excluding hydrogens is 264 g/mol. The highest BCUT2D eigenvalue weighted by molar-refractivity contribution is 6.14. The maximum absolute atomic E-state index is 11.8. The largest absolute Gasteiger partial charge is 0.389 e. The van der Waals surface area contributed by atoms with Gasteiger partial charge in [-0.3, -0.25) is 4.79 Å². The lowest BCUT2D eigenvalue weighted by atomic mass is 9.68. The zero-order valence-electron chi connectivity index (χ0n) is 9.91. The van der Waals surface area contributed by atoms with Crippen LogP contribution in [-0.4, -0.2) is 23.9 Å². The molecule has 4 rings (SSSR count). The van der Waals surface area contributed by atoms with Crippen LogP contribution in [0.15, 0.2) is 46.6 Å². The van der Waals surface area contributed by atoms with Crippen LogP contribution in [0, 0.1) is 11.8 Å². The molecule has 20 heavy (non-hydrogen) atoms. The van der Waals surface area contributed by atoms with Gasteiger partial charge in [0.05, 0.1) is 17.1 Å². The molecule has 0 spiro atoms. The Balaban J connectivity index is 2.02. The molecule has 6 nitrogen and oxygen atoms in total. The quantitative estimate of drug-likeness (QED) is 0.459. The number of hydrogen-bond donors (Lipinski definition) is 0. The number of cyclic esters (lactones) is 4. The number of carbonyl (C=O) groups excluding carboxylic acids is 4. The molecule has 2 atom stereocenters. The fraction of sp³-hybridized carbons (Fsp3) is 0.143. The first-order valence-corrected chi connectivity index (χ1v) is 5.95. The fourth-order valence-corrected chi connectivity index (χ4v) is 2.95. The third kappa shape index (κ3) is 1.18. The molecule has 0 bridgehead atoms. The first-order chi connectivity index (χ1) is 9.58. The summed E-state index contributed by atoms with van der Waals surface area (Å²) >= 11 is 0. The molecule has 0 aromatic rings. The summed E-state index contributed by atoms with van der Waals surface area (Å²) in [6.45, 7) is 0. The molecule has 2 aliphatic heterocycles. The fourth-order valence-electron chi connectivity index (χ4n) is 2.95. The summed E-state index contributed by atoms with van der Waals surface area (Å²) in [6, 6.07) is 0. The molecule has 4 aliphatic rings. The Labute approximate surface area is 112 Å². The Kier molecular flexibility index (Phi) is 1.89. The first-order valence-electron chi connectivity index (χ1n) is 5.95. The minimum absolute atomic E-state index is 0.213. The van der Waals surface area contributed by atoms with E-state index in [1.165, 1.54) is 24.3 Å². The van der Waals surface area contributed by atoms with Crippen LogP contribution in [0.4, 0.5) is 0 Å². The van der Waals surface area contributed by atoms with E-state index in [0.717, 1.165) is 0 Å². The van der Waals surface area contributed by atoms with Crippen LogP contribution in [0.25, 0.3) is 0 Å². The first kappa shape index (κ1) is 11.1. The van der Waals surface area contributed by atoms with Crippen molar-refractivity contribution in [2.45, 2.75) is 0 Å². The van der Waals surface area contributed by atoms with E-state index in [1.54, 1.807) is 0 Å². The molecule has 0 radical (unpaired) electrons. The van der Waals surface area contributed by atoms with Crippen LogP contribution in [0.5, 0.6) is 0 Å². The molecule has 0 aromatic carbocycles. The summed E-state index contributed by atoms with van der Waals surface area (Å²) in [5.74, 6) is -4.26. The van der Waals surface area contributed by atoms with Crippen LogP contribution in [0.1, 0.15) is 0 Å². The normalized spacial score (nSPS) is 30.4. The van der Waals surface area contributed by atoms with Gasteiger partial charge in [-0.1, -0.05) is 18.2 Å². The van der Waals surface area contributed by atoms with Gasteiger partial charge in [0.15, 0.2) is 0 Å². The van der Waals surface area contributed by atoms with E-state index in [-0.39, 0.29) is 16.7 Å². The predicted octanol–water partition coefficient (Wildman–Crippen LogP) is 0.118. The average molecular weight is 270 g/mol. The van der Waals surface area contributed by atoms with Crippen LogP contribution in [0.2, 0.25) is 0 Å². The van der Waals surface area contributed by atoms with Gasteiger partial charge in [-0.2, -0.15) is 0 Å². The van der Waals surface area contributed by atoms with Crippen molar-refractivity contribution in [3.8, 4) is 0 Å². The van der Waals surface area contributed by atoms with Crippen LogP contribution >= 0.6 is 0 Å². The lowest BCUT2D eigenvalue weighted by Crippen LogP contribution is -2.43. The van der Waals surface area contributed by atoms with Gasteiger partial charge < -0.3 is 9.47 Å². The molecule has 0 amide bonds. The minimum atomic E-state index is -0.760. The predicted molar refractivity (Wildman–Crippen MR) is 61.5 cm³/mol. The second kappa shape index (κ2) is 3.41. The van der Waals surface area contributed by atoms with E-state index in [1.807, 2.05) is 0 Å². The van der Waals surface area contributed by atoms with Crippen molar-refractivity contribution in [3.05, 3.63) is 46.6 Å². The van der Waals surface area contributed by atoms with Crippen LogP contribution in [-0.2, 0) is 28.7 Å². The molecular formula is C14H6O6. The van der Waals surface area contributed by atoms with Gasteiger partial charge in [0.1, 0.15) is 0 Å². The molecule has 1 saturated heterocycles. The zero-order valence-corrected chi connectivity index (χ0v) is 9.91. The van der Waals surface area contributed by atoms with Gasteiger partial charge in [0, 0.05) is 11.5 Å². The van der Waals surface area contributed by atoms with E-state index in [9.17, 15) is 19.2 Å². The number of esters is 4. The lowest BCUT2D eigenvalue weighted by molar-refractivity contribution is -0.164. The van der Waals surface area contributed by atoms with Gasteiger partial charge in [-0.25, -0.2) is 14.4 Å². The molecule has 0 aromatic heterocycles. The van der Waals surface area contributed by atoms with E-state index in [4.69, 9.17) is 0 Å². The van der Waals surface area contributed by atoms with Crippen molar-refractivity contribution >= 4 is 23.9 Å². The highest BCUT2D eigenvalue weighted by Gasteiger charge is 2.50. The van der Waals surface area contributed by atoms with Crippen LogP contribution in [0.3, 0.4) is 0 Å². The maximum Gasteiger partial charge on any atom is 0.346 e. The summed E-state index contributed by atoms with van der Waals surface area (Å²) in [5.41, 5.74) is 1.09. The number of hydrogen-bond acceptors (Lipinski definition) is 6. The summed E-state index contributed by atoms with van der Waals surface area (Å²) in [7, 11) is 0. The molecule has 98 valence electrons. The van der Waals surface area contributed by atoms with Crippen LogP contribution < -0.4 is 0 Å². The maximum atomic E-state index is 11.8. The monoisotopic (exact) mass is 270 g/mol. The van der Waals surface area contributed by atoms with E-state index in [0.29, 0.717) is 5.57 Å². The highest BCUT2D eigenvalue weighted by atomic mass is 16.6. The van der Waals surface area contributed by atoms with E-state index in [2.05, 4.69) is 9.47 Å². The molecule has 0 N–H and O–H groups in total. The molecule has 6 heteroatoms. The third-order valence-corrected chi connectivity index (χ3v) is 3.81. The molecule has 2 unspecified atom stereocenters. The van der Waals surface area contributed by atoms with Crippen molar-refractivity contribution in [1.82, 2.24) is 0 Å². The van der Waals surface area contributed by atoms with Crippen molar-refractivity contribution in [2.75, 3.05) is 0 Å². The van der Waals surface area contributed by atoms with Gasteiger partial charge in [0.2, 0.25) is 0 Å². The molecule has 2 heterocycles. The standard InChI is InChI=1S/C14H6O6/c15-11-5-1-2-6-10-8(14(18)20-12(6)16)4-3-7(9(5)10)13(17)19-11/h1-5,9H. The number of allylic oxidation sites excluding steroid dienone is 2. The topological polar surface area (TPSA) is 86.7 Å².